The molecule has 94 valence electrons. The number of ketones is 2. The second-order valence-corrected chi connectivity index (χ2v) is 4.95. The average molecular weight is 264 g/mol. The molecule has 2 rings (SSSR count). The Labute approximate surface area is 111 Å². The topological polar surface area (TPSA) is 37.4 Å². The van der Waals surface area contributed by atoms with E-state index < -0.39 is 0 Å². The minimum Gasteiger partial charge on any atom is -0.368 e. The molecule has 0 saturated carbocycles. The largest absolute Gasteiger partial charge is 0.368 e. The van der Waals surface area contributed by atoms with Gasteiger partial charge in [-0.1, -0.05) is 35.9 Å². The van der Waals surface area contributed by atoms with Crippen molar-refractivity contribution in [2.45, 2.75) is 19.9 Å². The van der Waals surface area contributed by atoms with E-state index in [2.05, 4.69) is 0 Å². The molecule has 3 nitrogen and oxygen atoms in total. The molecule has 0 N–H and O–H groups in total. The Morgan fingerprint density at radius 1 is 1.06 bits per heavy atom. The number of likely N-dealkylation sites (N-methyl/N-ethyl adjacent to an activating group) is 1. The van der Waals surface area contributed by atoms with Crippen LogP contribution in [0.15, 0.2) is 35.0 Å². The van der Waals surface area contributed by atoms with Crippen molar-refractivity contribution >= 4 is 23.2 Å². The molecule has 18 heavy (non-hydrogen) atoms. The molecule has 0 aliphatic heterocycles. The molecule has 1 aromatic carbocycles. The number of carbonyl (C=O) groups excluding carboxylic acids is 2. The van der Waals surface area contributed by atoms with E-state index in [1.807, 2.05) is 13.8 Å². The molecule has 4 heteroatoms. The Hall–Kier alpha value is -1.61. The van der Waals surface area contributed by atoms with E-state index in [9.17, 15) is 9.59 Å². The Kier molecular flexibility index (Phi) is 3.26. The van der Waals surface area contributed by atoms with Gasteiger partial charge in [0.1, 0.15) is 10.7 Å². The number of Topliss-reactive ketones (excluding diaryl/α,β-unsaturated/α-hetero) is 2. The Bertz CT molecular complexity index is 561. The predicted molar refractivity (Wildman–Crippen MR) is 70.9 cm³/mol. The molecule has 0 radical (unpaired) electrons. The third-order valence-corrected chi connectivity index (χ3v) is 3.52. The maximum absolute atomic E-state index is 12.4. The van der Waals surface area contributed by atoms with Gasteiger partial charge < -0.3 is 4.90 Å². The SMILES string of the molecule is CC(C)N(C)C1=C(Cl)C(=O)c2ccccc2C1=O. The zero-order valence-electron chi connectivity index (χ0n) is 10.5. The lowest BCUT2D eigenvalue weighted by atomic mass is 9.91. The van der Waals surface area contributed by atoms with E-state index >= 15 is 0 Å². The summed E-state index contributed by atoms with van der Waals surface area (Å²) in [6, 6.07) is 6.86. The molecule has 1 aliphatic carbocycles. The lowest BCUT2D eigenvalue weighted by Gasteiger charge is -2.29. The Morgan fingerprint density at radius 2 is 1.56 bits per heavy atom. The van der Waals surface area contributed by atoms with Crippen molar-refractivity contribution in [2.75, 3.05) is 7.05 Å². The van der Waals surface area contributed by atoms with Crippen LogP contribution in [-0.2, 0) is 0 Å². The summed E-state index contributed by atoms with van der Waals surface area (Å²) in [7, 11) is 1.77. The number of halogens is 1. The molecule has 0 amide bonds. The molecular formula is C14H14ClNO2. The van der Waals surface area contributed by atoms with Crippen molar-refractivity contribution in [1.29, 1.82) is 0 Å². The van der Waals surface area contributed by atoms with Gasteiger partial charge in [0.2, 0.25) is 11.6 Å². The van der Waals surface area contributed by atoms with Crippen LogP contribution in [0.4, 0.5) is 0 Å². The average Bonchev–Trinajstić information content (AvgIpc) is 2.36. The van der Waals surface area contributed by atoms with E-state index in [1.54, 1.807) is 36.2 Å². The van der Waals surface area contributed by atoms with Crippen LogP contribution in [0.1, 0.15) is 34.6 Å². The summed E-state index contributed by atoms with van der Waals surface area (Å²) < 4.78 is 0. The van der Waals surface area contributed by atoms with Gasteiger partial charge in [-0.15, -0.1) is 0 Å². The fourth-order valence-corrected chi connectivity index (χ4v) is 2.23. The van der Waals surface area contributed by atoms with Crippen LogP contribution in [0.5, 0.6) is 0 Å². The highest BCUT2D eigenvalue weighted by Gasteiger charge is 2.33. The van der Waals surface area contributed by atoms with Gasteiger partial charge in [-0.05, 0) is 13.8 Å². The molecule has 0 unspecified atom stereocenters. The van der Waals surface area contributed by atoms with Gasteiger partial charge in [0.05, 0.1) is 0 Å². The van der Waals surface area contributed by atoms with Crippen molar-refractivity contribution in [3.63, 3.8) is 0 Å². The minimum atomic E-state index is -0.283. The van der Waals surface area contributed by atoms with E-state index in [4.69, 9.17) is 11.6 Å². The predicted octanol–water partition coefficient (Wildman–Crippen LogP) is 2.86. The fourth-order valence-electron chi connectivity index (χ4n) is 1.91. The smallest absolute Gasteiger partial charge is 0.211 e. The third-order valence-electron chi connectivity index (χ3n) is 3.17. The molecule has 0 saturated heterocycles. The standard InChI is InChI=1S/C14H14ClNO2/c1-8(2)16(3)12-11(15)13(17)9-6-4-5-7-10(9)14(12)18/h4-8H,1-3H3. The van der Waals surface area contributed by atoms with Gasteiger partial charge in [0.15, 0.2) is 0 Å². The summed E-state index contributed by atoms with van der Waals surface area (Å²) in [5, 5.41) is 0.00917. The highest BCUT2D eigenvalue weighted by molar-refractivity contribution is 6.49. The summed E-state index contributed by atoms with van der Waals surface area (Å²) in [5.41, 5.74) is 1.10. The molecular weight excluding hydrogens is 250 g/mol. The number of fused-ring (bicyclic) bond motifs is 1. The number of carbonyl (C=O) groups is 2. The van der Waals surface area contributed by atoms with Gasteiger partial charge in [0.25, 0.3) is 0 Å². The molecule has 1 aromatic rings. The minimum absolute atomic E-state index is 0.00917. The molecule has 0 atom stereocenters. The third kappa shape index (κ3) is 1.85. The normalized spacial score (nSPS) is 15.2. The van der Waals surface area contributed by atoms with E-state index in [-0.39, 0.29) is 28.3 Å². The van der Waals surface area contributed by atoms with E-state index in [0.29, 0.717) is 11.1 Å². The van der Waals surface area contributed by atoms with Crippen LogP contribution in [-0.4, -0.2) is 29.6 Å². The van der Waals surface area contributed by atoms with Crippen LogP contribution in [0.2, 0.25) is 0 Å². The van der Waals surface area contributed by atoms with Gasteiger partial charge in [-0.25, -0.2) is 0 Å². The molecule has 1 aliphatic rings. The quantitative estimate of drug-likeness (QED) is 0.823. The van der Waals surface area contributed by atoms with Crippen molar-refractivity contribution in [2.24, 2.45) is 0 Å². The van der Waals surface area contributed by atoms with E-state index in [1.165, 1.54) is 0 Å². The zero-order valence-corrected chi connectivity index (χ0v) is 11.3. The maximum Gasteiger partial charge on any atom is 0.211 e. The maximum atomic E-state index is 12.4. The highest BCUT2D eigenvalue weighted by Crippen LogP contribution is 2.30. The van der Waals surface area contributed by atoms with Crippen molar-refractivity contribution in [3.8, 4) is 0 Å². The molecule has 0 fully saturated rings. The summed E-state index contributed by atoms with van der Waals surface area (Å²) in [6.07, 6.45) is 0. The van der Waals surface area contributed by atoms with Gasteiger partial charge in [-0.3, -0.25) is 9.59 Å². The molecule has 0 heterocycles. The van der Waals surface area contributed by atoms with Gasteiger partial charge in [0, 0.05) is 24.2 Å². The summed E-state index contributed by atoms with van der Waals surface area (Å²) in [5.74, 6) is -0.472. The summed E-state index contributed by atoms with van der Waals surface area (Å²) in [6.45, 7) is 3.88. The number of rotatable bonds is 2. The van der Waals surface area contributed by atoms with Gasteiger partial charge >= 0.3 is 0 Å². The first-order valence-corrected chi connectivity index (χ1v) is 6.14. The van der Waals surface area contributed by atoms with E-state index in [0.717, 1.165) is 0 Å². The number of hydrogen-bond donors (Lipinski definition) is 0. The van der Waals surface area contributed by atoms with Gasteiger partial charge in [-0.2, -0.15) is 0 Å². The van der Waals surface area contributed by atoms with Crippen LogP contribution in [0.3, 0.4) is 0 Å². The van der Waals surface area contributed by atoms with Crippen molar-refractivity contribution in [1.82, 2.24) is 4.90 Å². The van der Waals surface area contributed by atoms with Crippen LogP contribution < -0.4 is 0 Å². The Balaban J connectivity index is 2.60. The number of hydrogen-bond acceptors (Lipinski definition) is 3. The first-order chi connectivity index (χ1) is 8.45. The second-order valence-electron chi connectivity index (χ2n) is 4.57. The van der Waals surface area contributed by atoms with Crippen molar-refractivity contribution in [3.05, 3.63) is 46.1 Å². The first-order valence-electron chi connectivity index (χ1n) is 5.76. The molecule has 0 bridgehead atoms. The zero-order chi connectivity index (χ0) is 13.4. The molecule has 0 spiro atoms. The van der Waals surface area contributed by atoms with Crippen LogP contribution >= 0.6 is 11.6 Å². The van der Waals surface area contributed by atoms with Crippen molar-refractivity contribution < 1.29 is 9.59 Å². The van der Waals surface area contributed by atoms with Crippen LogP contribution in [0.25, 0.3) is 0 Å². The first kappa shape index (κ1) is 12.8. The van der Waals surface area contributed by atoms with Crippen LogP contribution in [0, 0.1) is 0 Å². The lowest BCUT2D eigenvalue weighted by Crippen LogP contribution is -2.34. The lowest BCUT2D eigenvalue weighted by molar-refractivity contribution is 0.0946. The second kappa shape index (κ2) is 4.58. The summed E-state index contributed by atoms with van der Waals surface area (Å²) in [4.78, 5) is 26.2. The summed E-state index contributed by atoms with van der Waals surface area (Å²) >= 11 is 6.06. The molecule has 0 aromatic heterocycles. The Morgan fingerprint density at radius 3 is 2.06 bits per heavy atom. The number of allylic oxidation sites excluding steroid dienone is 2. The number of nitrogens with zero attached hydrogens (tertiary/aromatic N) is 1. The fraction of sp³-hybridized carbons (Fsp3) is 0.286. The number of benzene rings is 1. The monoisotopic (exact) mass is 263 g/mol. The highest BCUT2D eigenvalue weighted by atomic mass is 35.5.